The van der Waals surface area contributed by atoms with E-state index < -0.39 is 11.8 Å². The molecule has 0 aromatic carbocycles. The second-order valence-electron chi connectivity index (χ2n) is 5.87. The number of hydrogen-bond donors (Lipinski definition) is 2. The van der Waals surface area contributed by atoms with E-state index in [-0.39, 0.29) is 5.41 Å². The van der Waals surface area contributed by atoms with Crippen molar-refractivity contribution < 1.29 is 9.59 Å². The van der Waals surface area contributed by atoms with Crippen molar-refractivity contribution in [3.63, 3.8) is 0 Å². The van der Waals surface area contributed by atoms with Gasteiger partial charge in [-0.05, 0) is 11.3 Å². The maximum absolute atomic E-state index is 11.9. The highest BCUT2D eigenvalue weighted by Crippen LogP contribution is 2.24. The van der Waals surface area contributed by atoms with Crippen LogP contribution in [-0.4, -0.2) is 49.4 Å². The molecule has 1 heterocycles. The van der Waals surface area contributed by atoms with E-state index in [9.17, 15) is 9.59 Å². The lowest BCUT2D eigenvalue weighted by Crippen LogP contribution is -2.52. The zero-order valence-corrected chi connectivity index (χ0v) is 11.9. The van der Waals surface area contributed by atoms with E-state index in [0.717, 1.165) is 13.1 Å². The Labute approximate surface area is 109 Å². The van der Waals surface area contributed by atoms with Crippen molar-refractivity contribution in [3.05, 3.63) is 0 Å². The number of rotatable bonds is 3. The van der Waals surface area contributed by atoms with Crippen molar-refractivity contribution in [2.24, 2.45) is 11.3 Å². The van der Waals surface area contributed by atoms with Crippen LogP contribution in [0.5, 0.6) is 0 Å². The molecule has 1 fully saturated rings. The quantitative estimate of drug-likeness (QED) is 0.709. The van der Waals surface area contributed by atoms with Crippen LogP contribution in [0.2, 0.25) is 0 Å². The molecular formula is C13H25N3O2. The molecule has 2 N–H and O–H groups in total. The fourth-order valence-corrected chi connectivity index (χ4v) is 1.60. The van der Waals surface area contributed by atoms with Gasteiger partial charge in [0.1, 0.15) is 0 Å². The van der Waals surface area contributed by atoms with Crippen molar-refractivity contribution in [3.8, 4) is 0 Å². The third kappa shape index (κ3) is 3.98. The van der Waals surface area contributed by atoms with Crippen LogP contribution in [0.1, 0.15) is 27.7 Å². The van der Waals surface area contributed by atoms with Gasteiger partial charge in [0, 0.05) is 32.7 Å². The van der Waals surface area contributed by atoms with Gasteiger partial charge >= 0.3 is 11.8 Å². The predicted octanol–water partition coefficient (Wildman–Crippen LogP) is 0.217. The highest BCUT2D eigenvalue weighted by molar-refractivity contribution is 6.35. The summed E-state index contributed by atoms with van der Waals surface area (Å²) in [4.78, 5) is 25.3. The van der Waals surface area contributed by atoms with Gasteiger partial charge in [-0.1, -0.05) is 27.7 Å². The molecule has 1 saturated heterocycles. The lowest BCUT2D eigenvalue weighted by atomic mass is 9.81. The molecule has 1 aliphatic rings. The van der Waals surface area contributed by atoms with Crippen LogP contribution >= 0.6 is 0 Å². The maximum atomic E-state index is 11.9. The summed E-state index contributed by atoms with van der Waals surface area (Å²) in [5.74, 6) is -0.436. The minimum absolute atomic E-state index is 0.000601. The normalized spacial score (nSPS) is 16.8. The number of nitrogens with one attached hydrogen (secondary N) is 2. The molecule has 5 heteroatoms. The molecule has 0 atom stereocenters. The van der Waals surface area contributed by atoms with Crippen LogP contribution in [0.25, 0.3) is 0 Å². The molecule has 0 saturated carbocycles. The fraction of sp³-hybridized carbons (Fsp3) is 0.846. The standard InChI is InChI=1S/C13H25N3O2/c1-10(2)13(3,4)9-15-11(17)12(18)16-7-5-14-6-8-16/h10,14H,5-9H2,1-4H3,(H,15,17). The zero-order chi connectivity index (χ0) is 13.8. The smallest absolute Gasteiger partial charge is 0.311 e. The Morgan fingerprint density at radius 2 is 1.83 bits per heavy atom. The lowest BCUT2D eigenvalue weighted by Gasteiger charge is -2.30. The number of hydrogen-bond acceptors (Lipinski definition) is 3. The summed E-state index contributed by atoms with van der Waals surface area (Å²) in [6.07, 6.45) is 0. The second-order valence-corrected chi connectivity index (χ2v) is 5.87. The van der Waals surface area contributed by atoms with Gasteiger partial charge in [0.05, 0.1) is 0 Å². The second kappa shape index (κ2) is 6.18. The Bertz CT molecular complexity index is 307. The Hall–Kier alpha value is -1.10. The van der Waals surface area contributed by atoms with Gasteiger partial charge in [-0.3, -0.25) is 9.59 Å². The van der Waals surface area contributed by atoms with Gasteiger partial charge in [-0.25, -0.2) is 0 Å². The van der Waals surface area contributed by atoms with Crippen LogP contribution in [0, 0.1) is 11.3 Å². The van der Waals surface area contributed by atoms with Crippen molar-refractivity contribution in [2.75, 3.05) is 32.7 Å². The van der Waals surface area contributed by atoms with Gasteiger partial charge in [-0.15, -0.1) is 0 Å². The van der Waals surface area contributed by atoms with Crippen LogP contribution in [0.3, 0.4) is 0 Å². The average Bonchev–Trinajstić information content (AvgIpc) is 2.36. The number of carbonyl (C=O) groups excluding carboxylic acids is 2. The Kier molecular flexibility index (Phi) is 5.14. The molecule has 0 radical (unpaired) electrons. The molecule has 2 amide bonds. The van der Waals surface area contributed by atoms with Crippen molar-refractivity contribution >= 4 is 11.8 Å². The van der Waals surface area contributed by atoms with Gasteiger partial charge in [0.25, 0.3) is 0 Å². The minimum atomic E-state index is -0.481. The summed E-state index contributed by atoms with van der Waals surface area (Å²) < 4.78 is 0. The molecule has 0 aromatic heterocycles. The highest BCUT2D eigenvalue weighted by atomic mass is 16.2. The molecule has 0 aromatic rings. The molecule has 1 aliphatic heterocycles. The fourth-order valence-electron chi connectivity index (χ4n) is 1.60. The van der Waals surface area contributed by atoms with Gasteiger partial charge < -0.3 is 15.5 Å². The SMILES string of the molecule is CC(C)C(C)(C)CNC(=O)C(=O)N1CCNCC1. The summed E-state index contributed by atoms with van der Waals surface area (Å²) in [7, 11) is 0. The van der Waals surface area contributed by atoms with E-state index in [1.54, 1.807) is 4.90 Å². The molecular weight excluding hydrogens is 230 g/mol. The van der Waals surface area contributed by atoms with E-state index in [0.29, 0.717) is 25.6 Å². The number of carbonyl (C=O) groups is 2. The van der Waals surface area contributed by atoms with E-state index in [4.69, 9.17) is 0 Å². The highest BCUT2D eigenvalue weighted by Gasteiger charge is 2.27. The summed E-state index contributed by atoms with van der Waals surface area (Å²) in [5, 5.41) is 5.90. The first-order valence-electron chi connectivity index (χ1n) is 6.62. The Balaban J connectivity index is 2.42. The van der Waals surface area contributed by atoms with Crippen molar-refractivity contribution in [1.82, 2.24) is 15.5 Å². The maximum Gasteiger partial charge on any atom is 0.311 e. The van der Waals surface area contributed by atoms with Crippen LogP contribution in [0.15, 0.2) is 0 Å². The lowest BCUT2D eigenvalue weighted by molar-refractivity contribution is -0.146. The molecule has 0 unspecified atom stereocenters. The monoisotopic (exact) mass is 255 g/mol. The minimum Gasteiger partial charge on any atom is -0.347 e. The largest absolute Gasteiger partial charge is 0.347 e. The summed E-state index contributed by atoms with van der Waals surface area (Å²) in [6, 6.07) is 0. The number of piperazine rings is 1. The molecule has 0 bridgehead atoms. The predicted molar refractivity (Wildman–Crippen MR) is 71.1 cm³/mol. The number of nitrogens with zero attached hydrogens (tertiary/aromatic N) is 1. The number of amides is 2. The molecule has 0 spiro atoms. The van der Waals surface area contributed by atoms with Crippen LogP contribution < -0.4 is 10.6 Å². The summed E-state index contributed by atoms with van der Waals surface area (Å²) in [6.45, 7) is 11.7. The van der Waals surface area contributed by atoms with E-state index in [2.05, 4.69) is 38.3 Å². The summed E-state index contributed by atoms with van der Waals surface area (Å²) in [5.41, 5.74) is -0.000601. The molecule has 0 aliphatic carbocycles. The van der Waals surface area contributed by atoms with E-state index >= 15 is 0 Å². The van der Waals surface area contributed by atoms with Crippen molar-refractivity contribution in [1.29, 1.82) is 0 Å². The Morgan fingerprint density at radius 3 is 2.33 bits per heavy atom. The molecule has 5 nitrogen and oxygen atoms in total. The van der Waals surface area contributed by atoms with Crippen LogP contribution in [-0.2, 0) is 9.59 Å². The third-order valence-electron chi connectivity index (χ3n) is 3.87. The van der Waals surface area contributed by atoms with Crippen molar-refractivity contribution in [2.45, 2.75) is 27.7 Å². The zero-order valence-electron chi connectivity index (χ0n) is 11.9. The topological polar surface area (TPSA) is 61.4 Å². The molecule has 18 heavy (non-hydrogen) atoms. The van der Waals surface area contributed by atoms with E-state index in [1.165, 1.54) is 0 Å². The van der Waals surface area contributed by atoms with E-state index in [1.807, 2.05) is 0 Å². The Morgan fingerprint density at radius 1 is 1.28 bits per heavy atom. The van der Waals surface area contributed by atoms with Gasteiger partial charge in [0.15, 0.2) is 0 Å². The van der Waals surface area contributed by atoms with Gasteiger partial charge in [0.2, 0.25) is 0 Å². The van der Waals surface area contributed by atoms with Gasteiger partial charge in [-0.2, -0.15) is 0 Å². The third-order valence-corrected chi connectivity index (χ3v) is 3.87. The first-order chi connectivity index (χ1) is 8.34. The van der Waals surface area contributed by atoms with Crippen LogP contribution in [0.4, 0.5) is 0 Å². The first kappa shape index (κ1) is 15.0. The first-order valence-corrected chi connectivity index (χ1v) is 6.62. The average molecular weight is 255 g/mol. The summed E-state index contributed by atoms with van der Waals surface area (Å²) >= 11 is 0. The molecule has 104 valence electrons. The molecule has 1 rings (SSSR count).